The second-order valence-electron chi connectivity index (χ2n) is 5.43. The molecule has 0 saturated heterocycles. The zero-order chi connectivity index (χ0) is 12.9. The van der Waals surface area contributed by atoms with Crippen LogP contribution in [0.1, 0.15) is 89.9 Å². The van der Waals surface area contributed by atoms with Crippen molar-refractivity contribution in [3.63, 3.8) is 0 Å². The standard InChI is InChI=1S/C17H28O/c18-17-15-13-11-9-7-5-3-1-2-4-6-8-10-12-14-16-17/h1-7,9,11-16H2. The number of hydrogen-bond donors (Lipinski definition) is 0. The maximum atomic E-state index is 11.6. The van der Waals surface area contributed by atoms with Crippen LogP contribution >= 0.6 is 0 Å². The molecule has 0 amide bonds. The van der Waals surface area contributed by atoms with E-state index in [0.717, 1.165) is 38.5 Å². The van der Waals surface area contributed by atoms with Gasteiger partial charge in [-0.25, -0.2) is 0 Å². The maximum Gasteiger partial charge on any atom is 0.132 e. The van der Waals surface area contributed by atoms with Crippen LogP contribution in [0, 0.1) is 11.8 Å². The summed E-state index contributed by atoms with van der Waals surface area (Å²) >= 11 is 0. The maximum absolute atomic E-state index is 11.6. The number of carbonyl (C=O) groups is 1. The van der Waals surface area contributed by atoms with Gasteiger partial charge in [-0.3, -0.25) is 4.79 Å². The first-order valence-electron chi connectivity index (χ1n) is 7.87. The molecule has 0 heterocycles. The van der Waals surface area contributed by atoms with Gasteiger partial charge in [0.05, 0.1) is 0 Å². The summed E-state index contributed by atoms with van der Waals surface area (Å²) in [4.78, 5) is 11.6. The summed E-state index contributed by atoms with van der Waals surface area (Å²) in [5.74, 6) is 6.88. The lowest BCUT2D eigenvalue weighted by Gasteiger charge is -2.02. The van der Waals surface area contributed by atoms with E-state index >= 15 is 0 Å². The number of Topliss-reactive ketones (excluding diaryl/α,β-unsaturated/α-hetero) is 1. The van der Waals surface area contributed by atoms with E-state index in [4.69, 9.17) is 0 Å². The molecule has 0 aromatic heterocycles. The van der Waals surface area contributed by atoms with Crippen LogP contribution in [0.5, 0.6) is 0 Å². The molecule has 0 radical (unpaired) electrons. The van der Waals surface area contributed by atoms with Gasteiger partial charge in [0.15, 0.2) is 0 Å². The first-order chi connectivity index (χ1) is 8.89. The van der Waals surface area contributed by atoms with Crippen LogP contribution in [0.4, 0.5) is 0 Å². The molecule has 0 N–H and O–H groups in total. The summed E-state index contributed by atoms with van der Waals surface area (Å²) in [6.45, 7) is 0. The summed E-state index contributed by atoms with van der Waals surface area (Å²) in [6, 6.07) is 0. The van der Waals surface area contributed by atoms with Crippen molar-refractivity contribution >= 4 is 5.78 Å². The van der Waals surface area contributed by atoms with E-state index in [1.54, 1.807) is 0 Å². The Morgan fingerprint density at radius 1 is 0.556 bits per heavy atom. The van der Waals surface area contributed by atoms with Crippen molar-refractivity contribution in [1.29, 1.82) is 0 Å². The predicted molar refractivity (Wildman–Crippen MR) is 77.4 cm³/mol. The minimum absolute atomic E-state index is 0.445. The summed E-state index contributed by atoms with van der Waals surface area (Å²) in [6.07, 6.45) is 16.2. The van der Waals surface area contributed by atoms with Gasteiger partial charge in [0.1, 0.15) is 5.78 Å². The smallest absolute Gasteiger partial charge is 0.132 e. The molecule has 18 heavy (non-hydrogen) atoms. The molecule has 1 aliphatic rings. The van der Waals surface area contributed by atoms with Crippen molar-refractivity contribution in [3.05, 3.63) is 0 Å². The number of rotatable bonds is 0. The third-order valence-corrected chi connectivity index (χ3v) is 3.64. The minimum atomic E-state index is 0.445. The average Bonchev–Trinajstić information content (AvgIpc) is 2.37. The highest BCUT2D eigenvalue weighted by Crippen LogP contribution is 2.12. The Kier molecular flexibility index (Phi) is 9.62. The molecule has 0 bridgehead atoms. The van der Waals surface area contributed by atoms with Gasteiger partial charge in [-0.1, -0.05) is 44.9 Å². The molecule has 0 aromatic rings. The van der Waals surface area contributed by atoms with E-state index in [1.807, 2.05) is 0 Å². The van der Waals surface area contributed by atoms with E-state index in [0.29, 0.717) is 5.78 Å². The lowest BCUT2D eigenvalue weighted by Crippen LogP contribution is -1.97. The van der Waals surface area contributed by atoms with Crippen LogP contribution in [0.25, 0.3) is 0 Å². The van der Waals surface area contributed by atoms with Crippen LogP contribution in [0.15, 0.2) is 0 Å². The van der Waals surface area contributed by atoms with E-state index in [1.165, 1.54) is 51.4 Å². The Morgan fingerprint density at radius 2 is 1.00 bits per heavy atom. The second kappa shape index (κ2) is 11.3. The molecule has 1 nitrogen and oxygen atoms in total. The van der Waals surface area contributed by atoms with E-state index in [9.17, 15) is 4.79 Å². The molecule has 1 heteroatoms. The van der Waals surface area contributed by atoms with Gasteiger partial charge < -0.3 is 0 Å². The van der Waals surface area contributed by atoms with Crippen molar-refractivity contribution in [1.82, 2.24) is 0 Å². The average molecular weight is 248 g/mol. The Balaban J connectivity index is 2.20. The molecular formula is C17H28O. The number of hydrogen-bond acceptors (Lipinski definition) is 1. The van der Waals surface area contributed by atoms with Gasteiger partial charge in [0.25, 0.3) is 0 Å². The molecule has 0 spiro atoms. The highest BCUT2D eigenvalue weighted by Gasteiger charge is 2.01. The van der Waals surface area contributed by atoms with Crippen molar-refractivity contribution < 1.29 is 4.79 Å². The zero-order valence-electron chi connectivity index (χ0n) is 11.8. The van der Waals surface area contributed by atoms with Crippen molar-refractivity contribution in [3.8, 4) is 11.8 Å². The fourth-order valence-corrected chi connectivity index (χ4v) is 2.45. The third kappa shape index (κ3) is 9.28. The van der Waals surface area contributed by atoms with Crippen LogP contribution in [0.3, 0.4) is 0 Å². The predicted octanol–water partition coefficient (Wildman–Crippen LogP) is 5.03. The van der Waals surface area contributed by atoms with Crippen molar-refractivity contribution in [2.24, 2.45) is 0 Å². The van der Waals surface area contributed by atoms with Crippen LogP contribution in [-0.4, -0.2) is 5.78 Å². The lowest BCUT2D eigenvalue weighted by molar-refractivity contribution is -0.119. The summed E-state index contributed by atoms with van der Waals surface area (Å²) in [5.41, 5.74) is 0. The van der Waals surface area contributed by atoms with E-state index < -0.39 is 0 Å². The van der Waals surface area contributed by atoms with Gasteiger partial charge in [-0.2, -0.15) is 0 Å². The van der Waals surface area contributed by atoms with Gasteiger partial charge in [0.2, 0.25) is 0 Å². The van der Waals surface area contributed by atoms with Crippen molar-refractivity contribution in [2.45, 2.75) is 89.9 Å². The third-order valence-electron chi connectivity index (χ3n) is 3.64. The minimum Gasteiger partial charge on any atom is -0.300 e. The Labute approximate surface area is 113 Å². The van der Waals surface area contributed by atoms with Gasteiger partial charge in [-0.05, 0) is 19.3 Å². The summed E-state index contributed by atoms with van der Waals surface area (Å²) in [7, 11) is 0. The fraction of sp³-hybridized carbons (Fsp3) is 0.824. The molecule has 102 valence electrons. The monoisotopic (exact) mass is 248 g/mol. The topological polar surface area (TPSA) is 17.1 Å². The highest BCUT2D eigenvalue weighted by atomic mass is 16.1. The highest BCUT2D eigenvalue weighted by molar-refractivity contribution is 5.78. The van der Waals surface area contributed by atoms with Gasteiger partial charge in [0, 0.05) is 25.7 Å². The Hall–Kier alpha value is -0.770. The SMILES string of the molecule is O=C1CCCC#CCCCCCCCCCCC1. The molecule has 0 unspecified atom stereocenters. The first kappa shape index (κ1) is 15.3. The summed E-state index contributed by atoms with van der Waals surface area (Å²) in [5, 5.41) is 0. The molecule has 0 saturated carbocycles. The number of carbonyl (C=O) groups excluding carboxylic acids is 1. The molecule has 0 aromatic carbocycles. The lowest BCUT2D eigenvalue weighted by atomic mass is 10.0. The van der Waals surface area contributed by atoms with Crippen LogP contribution in [-0.2, 0) is 4.79 Å². The zero-order valence-corrected chi connectivity index (χ0v) is 11.8. The van der Waals surface area contributed by atoms with E-state index in [-0.39, 0.29) is 0 Å². The van der Waals surface area contributed by atoms with Crippen LogP contribution in [0.2, 0.25) is 0 Å². The van der Waals surface area contributed by atoms with Gasteiger partial charge >= 0.3 is 0 Å². The normalized spacial score (nSPS) is 21.7. The van der Waals surface area contributed by atoms with Crippen LogP contribution < -0.4 is 0 Å². The number of ketones is 1. The molecular weight excluding hydrogens is 220 g/mol. The molecule has 0 fully saturated rings. The second-order valence-corrected chi connectivity index (χ2v) is 5.43. The van der Waals surface area contributed by atoms with Crippen molar-refractivity contribution in [2.75, 3.05) is 0 Å². The first-order valence-corrected chi connectivity index (χ1v) is 7.87. The Bertz CT molecular complexity index is 269. The van der Waals surface area contributed by atoms with E-state index in [2.05, 4.69) is 11.8 Å². The molecule has 0 atom stereocenters. The molecule has 0 aliphatic heterocycles. The van der Waals surface area contributed by atoms with Gasteiger partial charge in [-0.15, -0.1) is 11.8 Å². The summed E-state index contributed by atoms with van der Waals surface area (Å²) < 4.78 is 0. The molecule has 1 rings (SSSR count). The largest absolute Gasteiger partial charge is 0.300 e. The fourth-order valence-electron chi connectivity index (χ4n) is 2.45. The molecule has 1 aliphatic carbocycles. The quantitative estimate of drug-likeness (QED) is 0.549. The Morgan fingerprint density at radius 3 is 1.67 bits per heavy atom.